The first-order valence-electron chi connectivity index (χ1n) is 5.21. The number of Topliss-reactive ketones (excluding diaryl/α,β-unsaturated/α-hetero) is 1. The highest BCUT2D eigenvalue weighted by Crippen LogP contribution is 2.13. The molecule has 1 amide bonds. The average Bonchev–Trinajstić information content (AvgIpc) is 2.37. The van der Waals surface area contributed by atoms with E-state index in [1.54, 1.807) is 19.9 Å². The number of ketones is 1. The monoisotopic (exact) mass is 307 g/mol. The number of hydrogen-bond donors (Lipinski definition) is 5. The van der Waals surface area contributed by atoms with Gasteiger partial charge in [0.25, 0.3) is 0 Å². The van der Waals surface area contributed by atoms with Crippen LogP contribution < -0.4 is 11.5 Å². The van der Waals surface area contributed by atoms with E-state index in [0.717, 1.165) is 0 Å². The Kier molecular flexibility index (Phi) is 13.7. The standard InChI is InChI=1S/C6H9NO2.C4H7NO.CH2O3.CH4.H3N/c1-6(2)4(8)3-5(9)7-6;1-4(2,6)3-5;2-1(3)4;;/h3H2,1-2H3,(H,7,9);6H,1-2H3;(H2,2,3,4);1H4;1H3. The maximum atomic E-state index is 10.8. The molecule has 0 aliphatic carbocycles. The summed E-state index contributed by atoms with van der Waals surface area (Å²) in [7, 11) is 0. The van der Waals surface area contributed by atoms with Gasteiger partial charge in [-0.25, -0.2) is 4.79 Å². The van der Waals surface area contributed by atoms with E-state index >= 15 is 0 Å². The second kappa shape index (κ2) is 10.6. The summed E-state index contributed by atoms with van der Waals surface area (Å²) >= 11 is 0. The molecule has 0 bridgehead atoms. The molecule has 1 rings (SSSR count). The van der Waals surface area contributed by atoms with E-state index in [4.69, 9.17) is 25.4 Å². The molecule has 9 nitrogen and oxygen atoms in total. The highest BCUT2D eigenvalue weighted by molar-refractivity contribution is 6.09. The van der Waals surface area contributed by atoms with Crippen LogP contribution in [0.2, 0.25) is 0 Å². The van der Waals surface area contributed by atoms with E-state index in [2.05, 4.69) is 5.32 Å². The van der Waals surface area contributed by atoms with Crippen LogP contribution in [0.5, 0.6) is 0 Å². The SMILES string of the molecule is C.CC(C)(O)C#N.CC1(C)NC(=O)CC1=O.N.O=C(O)O. The zero-order valence-corrected chi connectivity index (χ0v) is 11.9. The zero-order valence-electron chi connectivity index (χ0n) is 11.9. The van der Waals surface area contributed by atoms with E-state index in [1.165, 1.54) is 13.8 Å². The number of rotatable bonds is 0. The molecule has 124 valence electrons. The molecular weight excluding hydrogens is 282 g/mol. The first-order chi connectivity index (χ1) is 8.31. The summed E-state index contributed by atoms with van der Waals surface area (Å²) in [4.78, 5) is 29.9. The van der Waals surface area contributed by atoms with Gasteiger partial charge in [0.05, 0.1) is 18.0 Å². The zero-order chi connectivity index (χ0) is 15.9. The summed E-state index contributed by atoms with van der Waals surface area (Å²) in [6.45, 7) is 6.29. The third-order valence-corrected chi connectivity index (χ3v) is 1.74. The lowest BCUT2D eigenvalue weighted by Crippen LogP contribution is -2.39. The molecule has 0 saturated carbocycles. The lowest BCUT2D eigenvalue weighted by atomic mass is 10.0. The fraction of sp³-hybridized carbons (Fsp3) is 0.667. The van der Waals surface area contributed by atoms with Gasteiger partial charge in [-0.1, -0.05) is 7.43 Å². The number of nitriles is 1. The van der Waals surface area contributed by atoms with E-state index in [9.17, 15) is 9.59 Å². The molecule has 9 heteroatoms. The van der Waals surface area contributed by atoms with Gasteiger partial charge in [-0.15, -0.1) is 0 Å². The molecule has 0 atom stereocenters. The number of nitrogens with zero attached hydrogens (tertiary/aromatic N) is 1. The molecule has 1 fully saturated rings. The number of aliphatic hydroxyl groups is 1. The number of nitrogens with one attached hydrogen (secondary N) is 1. The predicted molar refractivity (Wildman–Crippen MR) is 76.2 cm³/mol. The van der Waals surface area contributed by atoms with Crippen molar-refractivity contribution in [2.75, 3.05) is 0 Å². The largest absolute Gasteiger partial charge is 0.503 e. The van der Waals surface area contributed by atoms with Gasteiger partial charge in [0.2, 0.25) is 5.91 Å². The van der Waals surface area contributed by atoms with Crippen molar-refractivity contribution >= 4 is 17.8 Å². The van der Waals surface area contributed by atoms with Crippen molar-refractivity contribution in [1.82, 2.24) is 11.5 Å². The molecule has 1 saturated heterocycles. The molecule has 21 heavy (non-hydrogen) atoms. The number of hydrogen-bond acceptors (Lipinski definition) is 6. The Morgan fingerprint density at radius 2 is 1.62 bits per heavy atom. The molecule has 0 aromatic carbocycles. The minimum absolute atomic E-state index is 0. The fourth-order valence-electron chi connectivity index (χ4n) is 0.829. The maximum absolute atomic E-state index is 10.8. The first-order valence-corrected chi connectivity index (χ1v) is 5.21. The van der Waals surface area contributed by atoms with E-state index in [-0.39, 0.29) is 31.7 Å². The quantitative estimate of drug-likeness (QED) is 0.326. The summed E-state index contributed by atoms with van der Waals surface area (Å²) in [5.74, 6) is -0.183. The van der Waals surface area contributed by atoms with Gasteiger partial charge in [0.15, 0.2) is 5.78 Å². The van der Waals surface area contributed by atoms with Crippen molar-refractivity contribution in [3.63, 3.8) is 0 Å². The Hall–Kier alpha value is -2.18. The molecule has 1 aliphatic heterocycles. The number of amides is 1. The topological polar surface area (TPSA) is 183 Å². The second-order valence-electron chi connectivity index (χ2n) is 4.73. The van der Waals surface area contributed by atoms with Gasteiger partial charge in [0.1, 0.15) is 5.60 Å². The van der Waals surface area contributed by atoms with Crippen LogP contribution in [0.4, 0.5) is 4.79 Å². The third kappa shape index (κ3) is 17.8. The molecule has 0 aromatic heterocycles. The Balaban J connectivity index is -0.000000107. The normalized spacial score (nSPS) is 14.5. The van der Waals surface area contributed by atoms with Gasteiger partial charge >= 0.3 is 6.16 Å². The van der Waals surface area contributed by atoms with Crippen molar-refractivity contribution in [1.29, 1.82) is 5.26 Å². The van der Waals surface area contributed by atoms with Crippen LogP contribution in [0.25, 0.3) is 0 Å². The Morgan fingerprint density at radius 1 is 1.33 bits per heavy atom. The van der Waals surface area contributed by atoms with Crippen molar-refractivity contribution in [3.8, 4) is 6.07 Å². The van der Waals surface area contributed by atoms with Crippen LogP contribution in [0.1, 0.15) is 41.5 Å². The summed E-state index contributed by atoms with van der Waals surface area (Å²) in [5.41, 5.74) is -1.77. The Bertz CT molecular complexity index is 389. The van der Waals surface area contributed by atoms with E-state index in [1.807, 2.05) is 0 Å². The third-order valence-electron chi connectivity index (χ3n) is 1.74. The summed E-state index contributed by atoms with van der Waals surface area (Å²) in [5, 5.41) is 32.9. The van der Waals surface area contributed by atoms with Crippen LogP contribution in [0.15, 0.2) is 0 Å². The maximum Gasteiger partial charge on any atom is 0.503 e. The van der Waals surface area contributed by atoms with Crippen LogP contribution in [0, 0.1) is 11.3 Å². The Morgan fingerprint density at radius 3 is 1.67 bits per heavy atom. The summed E-state index contributed by atoms with van der Waals surface area (Å²) in [6, 6.07) is 1.66. The summed E-state index contributed by atoms with van der Waals surface area (Å²) < 4.78 is 0. The van der Waals surface area contributed by atoms with Gasteiger partial charge in [-0.3, -0.25) is 9.59 Å². The fourth-order valence-corrected chi connectivity index (χ4v) is 0.829. The number of carbonyl (C=O) groups excluding carboxylic acids is 2. The van der Waals surface area contributed by atoms with Gasteiger partial charge in [-0.05, 0) is 27.7 Å². The highest BCUT2D eigenvalue weighted by Gasteiger charge is 2.36. The summed E-state index contributed by atoms with van der Waals surface area (Å²) in [6.07, 6.45) is -1.78. The molecule has 7 N–H and O–H groups in total. The van der Waals surface area contributed by atoms with Crippen molar-refractivity contribution in [2.45, 2.75) is 52.7 Å². The van der Waals surface area contributed by atoms with Gasteiger partial charge in [-0.2, -0.15) is 5.26 Å². The first kappa shape index (κ1) is 27.2. The van der Waals surface area contributed by atoms with Crippen LogP contribution in [-0.4, -0.2) is 44.3 Å². The second-order valence-corrected chi connectivity index (χ2v) is 4.73. The minimum Gasteiger partial charge on any atom is -0.450 e. The Labute approximate surface area is 124 Å². The highest BCUT2D eigenvalue weighted by atomic mass is 16.6. The van der Waals surface area contributed by atoms with Crippen molar-refractivity contribution < 1.29 is 29.7 Å². The van der Waals surface area contributed by atoms with Crippen molar-refractivity contribution in [3.05, 3.63) is 0 Å². The van der Waals surface area contributed by atoms with E-state index in [0.29, 0.717) is 0 Å². The average molecular weight is 307 g/mol. The molecule has 0 radical (unpaired) electrons. The lowest BCUT2D eigenvalue weighted by molar-refractivity contribution is -0.122. The van der Waals surface area contributed by atoms with Crippen LogP contribution >= 0.6 is 0 Å². The number of carbonyl (C=O) groups is 3. The van der Waals surface area contributed by atoms with Crippen molar-refractivity contribution in [2.24, 2.45) is 0 Å². The van der Waals surface area contributed by atoms with Crippen LogP contribution in [-0.2, 0) is 9.59 Å². The lowest BCUT2D eigenvalue weighted by Gasteiger charge is -2.13. The molecule has 0 unspecified atom stereocenters. The number of carboxylic acid groups (broad SMARTS) is 2. The predicted octanol–water partition coefficient (Wildman–Crippen LogP) is 1.16. The minimum atomic E-state index is -1.83. The van der Waals surface area contributed by atoms with Crippen LogP contribution in [0.3, 0.4) is 0 Å². The molecule has 0 aromatic rings. The van der Waals surface area contributed by atoms with Gasteiger partial charge < -0.3 is 26.8 Å². The molecule has 0 spiro atoms. The molecule has 1 heterocycles. The molecule has 1 aliphatic rings. The smallest absolute Gasteiger partial charge is 0.450 e. The molecular formula is C12H25N3O6. The van der Waals surface area contributed by atoms with E-state index < -0.39 is 17.3 Å². The van der Waals surface area contributed by atoms with Gasteiger partial charge in [0, 0.05) is 0 Å².